The summed E-state index contributed by atoms with van der Waals surface area (Å²) >= 11 is 1.28. The standard InChI is InChI=1S/C19H23FN2O3S/c1-5-11-21-17(23)14-6-8-16(9-7-14)26-13-15(20)10-12-22-18(24)25-19(2,3)4/h1,6-10H,11-13H2,2-4H3,(H,21,23)(H,22,24)/b15-10-. The Labute approximate surface area is 157 Å². The van der Waals surface area contributed by atoms with Gasteiger partial charge in [-0.2, -0.15) is 0 Å². The molecule has 0 radical (unpaired) electrons. The number of alkyl carbamates (subject to hydrolysis) is 1. The van der Waals surface area contributed by atoms with E-state index in [1.807, 2.05) is 0 Å². The van der Waals surface area contributed by atoms with E-state index in [0.717, 1.165) is 4.90 Å². The molecule has 140 valence electrons. The van der Waals surface area contributed by atoms with E-state index in [9.17, 15) is 14.0 Å². The molecule has 0 bridgehead atoms. The molecule has 26 heavy (non-hydrogen) atoms. The molecule has 0 fully saturated rings. The molecule has 0 heterocycles. The second kappa shape index (κ2) is 10.5. The van der Waals surface area contributed by atoms with Crippen LogP contribution in [0.25, 0.3) is 0 Å². The number of terminal acetylenes is 1. The van der Waals surface area contributed by atoms with Crippen LogP contribution in [0.1, 0.15) is 31.1 Å². The maximum absolute atomic E-state index is 13.8. The highest BCUT2D eigenvalue weighted by Crippen LogP contribution is 2.21. The fourth-order valence-corrected chi connectivity index (χ4v) is 2.46. The number of benzene rings is 1. The van der Waals surface area contributed by atoms with E-state index in [2.05, 4.69) is 16.6 Å². The summed E-state index contributed by atoms with van der Waals surface area (Å²) in [5.41, 5.74) is -0.103. The van der Waals surface area contributed by atoms with E-state index in [1.54, 1.807) is 45.0 Å². The Morgan fingerprint density at radius 3 is 2.50 bits per heavy atom. The Kier molecular flexibility index (Phi) is 8.73. The normalized spacial score (nSPS) is 11.4. The molecule has 0 unspecified atom stereocenters. The summed E-state index contributed by atoms with van der Waals surface area (Å²) in [5.74, 6) is 1.84. The minimum atomic E-state index is -0.591. The quantitative estimate of drug-likeness (QED) is 0.563. The van der Waals surface area contributed by atoms with E-state index >= 15 is 0 Å². The molecule has 7 heteroatoms. The lowest BCUT2D eigenvalue weighted by Gasteiger charge is -2.19. The Morgan fingerprint density at radius 1 is 1.27 bits per heavy atom. The van der Waals surface area contributed by atoms with Crippen LogP contribution in [0.5, 0.6) is 0 Å². The van der Waals surface area contributed by atoms with Crippen molar-refractivity contribution >= 4 is 23.8 Å². The summed E-state index contributed by atoms with van der Waals surface area (Å²) in [7, 11) is 0. The van der Waals surface area contributed by atoms with Gasteiger partial charge in [0.1, 0.15) is 11.4 Å². The summed E-state index contributed by atoms with van der Waals surface area (Å²) in [6.07, 6.45) is 5.79. The minimum absolute atomic E-state index is 0.0512. The molecule has 0 spiro atoms. The molecule has 2 N–H and O–H groups in total. The number of halogens is 1. The molecule has 0 aliphatic heterocycles. The third kappa shape index (κ3) is 9.14. The lowest BCUT2D eigenvalue weighted by atomic mass is 10.2. The number of rotatable bonds is 7. The molecule has 1 aromatic carbocycles. The van der Waals surface area contributed by atoms with E-state index in [0.29, 0.717) is 5.56 Å². The molecule has 2 amide bonds. The van der Waals surface area contributed by atoms with Crippen molar-refractivity contribution in [3.63, 3.8) is 0 Å². The van der Waals surface area contributed by atoms with Gasteiger partial charge in [-0.3, -0.25) is 4.79 Å². The van der Waals surface area contributed by atoms with Crippen LogP contribution in [0, 0.1) is 12.3 Å². The van der Waals surface area contributed by atoms with Crippen molar-refractivity contribution in [2.45, 2.75) is 31.3 Å². The van der Waals surface area contributed by atoms with Gasteiger partial charge < -0.3 is 15.4 Å². The van der Waals surface area contributed by atoms with E-state index < -0.39 is 11.7 Å². The first-order valence-corrected chi connectivity index (χ1v) is 8.96. The Bertz CT molecular complexity index is 688. The second-order valence-electron chi connectivity index (χ2n) is 6.23. The molecule has 5 nitrogen and oxygen atoms in total. The van der Waals surface area contributed by atoms with Gasteiger partial charge in [0, 0.05) is 22.8 Å². The molecule has 0 saturated carbocycles. The number of hydrogen-bond donors (Lipinski definition) is 2. The van der Waals surface area contributed by atoms with Gasteiger partial charge in [-0.15, -0.1) is 18.2 Å². The zero-order valence-corrected chi connectivity index (χ0v) is 15.9. The Hall–Kier alpha value is -2.46. The Balaban J connectivity index is 2.40. The number of amides is 2. The Morgan fingerprint density at radius 2 is 1.92 bits per heavy atom. The molecule has 0 aliphatic carbocycles. The highest BCUT2D eigenvalue weighted by molar-refractivity contribution is 7.99. The number of hydrogen-bond acceptors (Lipinski definition) is 4. The number of nitrogens with one attached hydrogen (secondary N) is 2. The number of ether oxygens (including phenoxy) is 1. The third-order valence-electron chi connectivity index (χ3n) is 2.81. The second-order valence-corrected chi connectivity index (χ2v) is 7.28. The number of carbonyl (C=O) groups is 2. The largest absolute Gasteiger partial charge is 0.444 e. The fourth-order valence-electron chi connectivity index (χ4n) is 1.71. The summed E-state index contributed by atoms with van der Waals surface area (Å²) in [6, 6.07) is 6.78. The van der Waals surface area contributed by atoms with Crippen LogP contribution in [0.3, 0.4) is 0 Å². The predicted molar refractivity (Wildman–Crippen MR) is 102 cm³/mol. The minimum Gasteiger partial charge on any atom is -0.444 e. The SMILES string of the molecule is C#CCNC(=O)c1ccc(SC/C(F)=C/CNC(=O)OC(C)(C)C)cc1. The van der Waals surface area contributed by atoms with Gasteiger partial charge in [-0.05, 0) is 51.1 Å². The summed E-state index contributed by atoms with van der Waals surface area (Å²) < 4.78 is 18.8. The molecular formula is C19H23FN2O3S. The maximum atomic E-state index is 13.8. The average Bonchev–Trinajstić information content (AvgIpc) is 2.56. The van der Waals surface area contributed by atoms with Crippen LogP contribution in [0.2, 0.25) is 0 Å². The zero-order chi connectivity index (χ0) is 19.6. The molecular weight excluding hydrogens is 355 g/mol. The van der Waals surface area contributed by atoms with Crippen molar-refractivity contribution in [1.29, 1.82) is 0 Å². The zero-order valence-electron chi connectivity index (χ0n) is 15.1. The van der Waals surface area contributed by atoms with Crippen LogP contribution in [0.4, 0.5) is 9.18 Å². The van der Waals surface area contributed by atoms with E-state index in [1.165, 1.54) is 17.8 Å². The van der Waals surface area contributed by atoms with Crippen molar-refractivity contribution in [3.8, 4) is 12.3 Å². The van der Waals surface area contributed by atoms with Gasteiger partial charge in [-0.1, -0.05) is 5.92 Å². The number of thioether (sulfide) groups is 1. The van der Waals surface area contributed by atoms with E-state index in [4.69, 9.17) is 11.2 Å². The predicted octanol–water partition coefficient (Wildman–Crippen LogP) is 3.52. The molecule has 0 saturated heterocycles. The van der Waals surface area contributed by atoms with Gasteiger partial charge >= 0.3 is 6.09 Å². The summed E-state index contributed by atoms with van der Waals surface area (Å²) in [5, 5.41) is 5.03. The first-order chi connectivity index (χ1) is 12.2. The molecule has 0 aromatic heterocycles. The van der Waals surface area contributed by atoms with Crippen LogP contribution < -0.4 is 10.6 Å². The van der Waals surface area contributed by atoms with Gasteiger partial charge in [-0.25, -0.2) is 9.18 Å². The molecule has 1 rings (SSSR count). The van der Waals surface area contributed by atoms with Gasteiger partial charge in [0.25, 0.3) is 5.91 Å². The van der Waals surface area contributed by atoms with Crippen LogP contribution in [0.15, 0.2) is 41.1 Å². The average molecular weight is 378 g/mol. The van der Waals surface area contributed by atoms with Crippen LogP contribution in [-0.2, 0) is 4.74 Å². The highest BCUT2D eigenvalue weighted by Gasteiger charge is 2.15. The van der Waals surface area contributed by atoms with Crippen LogP contribution >= 0.6 is 11.8 Å². The fraction of sp³-hybridized carbons (Fsp3) is 0.368. The monoisotopic (exact) mass is 378 g/mol. The summed E-state index contributed by atoms with van der Waals surface area (Å²) in [6.45, 7) is 5.48. The van der Waals surface area contributed by atoms with E-state index in [-0.39, 0.29) is 30.6 Å². The molecule has 0 aliphatic rings. The van der Waals surface area contributed by atoms with Crippen molar-refractivity contribution in [2.75, 3.05) is 18.8 Å². The highest BCUT2D eigenvalue weighted by atomic mass is 32.2. The maximum Gasteiger partial charge on any atom is 0.407 e. The first-order valence-electron chi connectivity index (χ1n) is 7.97. The lowest BCUT2D eigenvalue weighted by molar-refractivity contribution is 0.0533. The van der Waals surface area contributed by atoms with Crippen molar-refractivity contribution in [1.82, 2.24) is 10.6 Å². The number of carbonyl (C=O) groups excluding carboxylic acids is 2. The smallest absolute Gasteiger partial charge is 0.407 e. The van der Waals surface area contributed by atoms with Gasteiger partial charge in [0.15, 0.2) is 0 Å². The van der Waals surface area contributed by atoms with Crippen molar-refractivity contribution in [3.05, 3.63) is 41.7 Å². The van der Waals surface area contributed by atoms with Gasteiger partial charge in [0.05, 0.1) is 6.54 Å². The van der Waals surface area contributed by atoms with Crippen LogP contribution in [-0.4, -0.2) is 36.4 Å². The molecule has 1 aromatic rings. The third-order valence-corrected chi connectivity index (χ3v) is 3.84. The van der Waals surface area contributed by atoms with Gasteiger partial charge in [0.2, 0.25) is 0 Å². The first kappa shape index (κ1) is 21.6. The van der Waals surface area contributed by atoms with Crippen molar-refractivity contribution in [2.24, 2.45) is 0 Å². The van der Waals surface area contributed by atoms with Crippen molar-refractivity contribution < 1.29 is 18.7 Å². The lowest BCUT2D eigenvalue weighted by Crippen LogP contribution is -2.32. The topological polar surface area (TPSA) is 67.4 Å². The molecule has 0 atom stereocenters. The summed E-state index contributed by atoms with van der Waals surface area (Å²) in [4.78, 5) is 24.0.